The van der Waals surface area contributed by atoms with E-state index in [4.69, 9.17) is 0 Å². The summed E-state index contributed by atoms with van der Waals surface area (Å²) in [7, 11) is 0. The molecular weight excluding hydrogens is 236 g/mol. The van der Waals surface area contributed by atoms with Crippen molar-refractivity contribution in [1.29, 1.82) is 0 Å². The molecular formula is C16H24N2O. The zero-order valence-electron chi connectivity index (χ0n) is 11.8. The lowest BCUT2D eigenvalue weighted by Gasteiger charge is -2.40. The van der Waals surface area contributed by atoms with Crippen LogP contribution in [0, 0.1) is 5.41 Å². The van der Waals surface area contributed by atoms with Crippen LogP contribution in [-0.2, 0) is 0 Å². The van der Waals surface area contributed by atoms with Crippen LogP contribution in [0.15, 0.2) is 18.3 Å². The lowest BCUT2D eigenvalue weighted by Crippen LogP contribution is -2.39. The molecule has 1 spiro atoms. The van der Waals surface area contributed by atoms with E-state index in [2.05, 4.69) is 9.88 Å². The number of aromatic nitrogens is 1. The van der Waals surface area contributed by atoms with Gasteiger partial charge in [0.15, 0.2) is 0 Å². The van der Waals surface area contributed by atoms with Gasteiger partial charge < -0.3 is 10.0 Å². The van der Waals surface area contributed by atoms with Crippen LogP contribution in [0.3, 0.4) is 0 Å². The summed E-state index contributed by atoms with van der Waals surface area (Å²) in [6.45, 7) is 4.01. The average molecular weight is 260 g/mol. The third-order valence-corrected chi connectivity index (χ3v) is 5.05. The summed E-state index contributed by atoms with van der Waals surface area (Å²) >= 11 is 0. The van der Waals surface area contributed by atoms with Crippen molar-refractivity contribution in [2.24, 2.45) is 5.41 Å². The fourth-order valence-electron chi connectivity index (χ4n) is 3.82. The molecule has 2 aliphatic rings. The smallest absolute Gasteiger partial charge is 0.134 e. The third-order valence-electron chi connectivity index (χ3n) is 5.05. The minimum Gasteiger partial charge on any atom is -0.389 e. The molecule has 1 aromatic heterocycles. The standard InChI is InChI=1S/C16H24N2O/c1-13(19)14-5-4-10-17-15(14)18-11-8-16(9-12-18)6-2-3-7-16/h4-5,10,13,19H,2-3,6-9,11-12H2,1H3/t13-/m0/s1. The number of hydrogen-bond donors (Lipinski definition) is 1. The summed E-state index contributed by atoms with van der Waals surface area (Å²) < 4.78 is 0. The molecule has 0 unspecified atom stereocenters. The summed E-state index contributed by atoms with van der Waals surface area (Å²) in [6.07, 6.45) is 9.67. The summed E-state index contributed by atoms with van der Waals surface area (Å²) in [4.78, 5) is 6.87. The molecule has 1 saturated heterocycles. The number of aliphatic hydroxyl groups excluding tert-OH is 1. The number of hydrogen-bond acceptors (Lipinski definition) is 3. The van der Waals surface area contributed by atoms with Gasteiger partial charge in [0.05, 0.1) is 6.10 Å². The molecule has 1 N–H and O–H groups in total. The van der Waals surface area contributed by atoms with Gasteiger partial charge >= 0.3 is 0 Å². The minimum absolute atomic E-state index is 0.439. The van der Waals surface area contributed by atoms with E-state index in [9.17, 15) is 5.11 Å². The largest absolute Gasteiger partial charge is 0.389 e. The van der Waals surface area contributed by atoms with Crippen molar-refractivity contribution in [1.82, 2.24) is 4.98 Å². The van der Waals surface area contributed by atoms with Crippen molar-refractivity contribution in [3.63, 3.8) is 0 Å². The molecule has 2 fully saturated rings. The van der Waals surface area contributed by atoms with Crippen LogP contribution in [-0.4, -0.2) is 23.2 Å². The Morgan fingerprint density at radius 3 is 2.53 bits per heavy atom. The van der Waals surface area contributed by atoms with Gasteiger partial charge in [0.2, 0.25) is 0 Å². The molecule has 3 nitrogen and oxygen atoms in total. The molecule has 1 aromatic rings. The second-order valence-electron chi connectivity index (χ2n) is 6.29. The molecule has 0 radical (unpaired) electrons. The minimum atomic E-state index is -0.439. The van der Waals surface area contributed by atoms with Crippen LogP contribution < -0.4 is 4.90 Å². The highest BCUT2D eigenvalue weighted by Crippen LogP contribution is 2.46. The van der Waals surface area contributed by atoms with E-state index in [1.165, 1.54) is 38.5 Å². The molecule has 3 heteroatoms. The number of piperidine rings is 1. The first-order valence-corrected chi connectivity index (χ1v) is 7.58. The van der Waals surface area contributed by atoms with Crippen LogP contribution in [0.25, 0.3) is 0 Å². The van der Waals surface area contributed by atoms with E-state index in [0.717, 1.165) is 24.5 Å². The van der Waals surface area contributed by atoms with Gasteiger partial charge in [-0.3, -0.25) is 0 Å². The molecule has 1 aliphatic carbocycles. The van der Waals surface area contributed by atoms with Crippen molar-refractivity contribution >= 4 is 5.82 Å². The molecule has 19 heavy (non-hydrogen) atoms. The van der Waals surface area contributed by atoms with E-state index >= 15 is 0 Å². The monoisotopic (exact) mass is 260 g/mol. The zero-order chi connectivity index (χ0) is 13.3. The zero-order valence-corrected chi connectivity index (χ0v) is 11.8. The van der Waals surface area contributed by atoms with Crippen LogP contribution in [0.5, 0.6) is 0 Å². The average Bonchev–Trinajstić information content (AvgIpc) is 2.88. The van der Waals surface area contributed by atoms with Crippen molar-refractivity contribution in [2.45, 2.75) is 51.6 Å². The predicted octanol–water partition coefficient (Wildman–Crippen LogP) is 3.30. The van der Waals surface area contributed by atoms with E-state index in [1.807, 2.05) is 25.3 Å². The van der Waals surface area contributed by atoms with E-state index < -0.39 is 6.10 Å². The first-order chi connectivity index (χ1) is 9.20. The topological polar surface area (TPSA) is 36.4 Å². The van der Waals surface area contributed by atoms with E-state index in [1.54, 1.807) is 0 Å². The molecule has 1 aliphatic heterocycles. The summed E-state index contributed by atoms with van der Waals surface area (Å²) in [5.41, 5.74) is 1.60. The third kappa shape index (κ3) is 2.48. The van der Waals surface area contributed by atoms with Gasteiger partial charge in [-0.15, -0.1) is 0 Å². The maximum Gasteiger partial charge on any atom is 0.134 e. The lowest BCUT2D eigenvalue weighted by molar-refractivity contribution is 0.197. The maximum absolute atomic E-state index is 9.87. The van der Waals surface area contributed by atoms with Crippen LogP contribution >= 0.6 is 0 Å². The van der Waals surface area contributed by atoms with Gasteiger partial charge in [0.25, 0.3) is 0 Å². The van der Waals surface area contributed by atoms with Gasteiger partial charge in [0, 0.05) is 24.8 Å². The van der Waals surface area contributed by atoms with Gasteiger partial charge in [-0.05, 0) is 44.1 Å². The van der Waals surface area contributed by atoms with Crippen molar-refractivity contribution < 1.29 is 5.11 Å². The van der Waals surface area contributed by atoms with E-state index in [0.29, 0.717) is 5.41 Å². The molecule has 104 valence electrons. The second-order valence-corrected chi connectivity index (χ2v) is 6.29. The Labute approximate surface area is 115 Å². The molecule has 1 atom stereocenters. The summed E-state index contributed by atoms with van der Waals surface area (Å²) in [5.74, 6) is 0.991. The number of rotatable bonds is 2. The summed E-state index contributed by atoms with van der Waals surface area (Å²) in [6, 6.07) is 3.90. The van der Waals surface area contributed by atoms with Gasteiger partial charge in [-0.25, -0.2) is 4.98 Å². The molecule has 1 saturated carbocycles. The Balaban J connectivity index is 1.75. The number of nitrogens with zero attached hydrogens (tertiary/aromatic N) is 2. The van der Waals surface area contributed by atoms with Crippen molar-refractivity contribution in [2.75, 3.05) is 18.0 Å². The molecule has 3 rings (SSSR count). The SMILES string of the molecule is C[C@H](O)c1cccnc1N1CCC2(CCCC2)CC1. The Hall–Kier alpha value is -1.09. The molecule has 0 bridgehead atoms. The lowest BCUT2D eigenvalue weighted by atomic mass is 9.77. The van der Waals surface area contributed by atoms with E-state index in [-0.39, 0.29) is 0 Å². The van der Waals surface area contributed by atoms with Crippen LogP contribution in [0.2, 0.25) is 0 Å². The Morgan fingerprint density at radius 2 is 1.89 bits per heavy atom. The first-order valence-electron chi connectivity index (χ1n) is 7.58. The quantitative estimate of drug-likeness (QED) is 0.886. The highest BCUT2D eigenvalue weighted by atomic mass is 16.3. The van der Waals surface area contributed by atoms with Gasteiger partial charge in [-0.1, -0.05) is 18.9 Å². The Bertz CT molecular complexity index is 428. The molecule has 0 amide bonds. The van der Waals surface area contributed by atoms with Gasteiger partial charge in [-0.2, -0.15) is 0 Å². The fourth-order valence-corrected chi connectivity index (χ4v) is 3.82. The predicted molar refractivity (Wildman–Crippen MR) is 77.2 cm³/mol. The van der Waals surface area contributed by atoms with Crippen LogP contribution in [0.4, 0.5) is 5.82 Å². The Kier molecular flexibility index (Phi) is 3.48. The second kappa shape index (κ2) is 5.12. The maximum atomic E-state index is 9.87. The first kappa shape index (κ1) is 12.9. The number of aliphatic hydroxyl groups is 1. The summed E-state index contributed by atoms with van der Waals surface area (Å²) in [5, 5.41) is 9.87. The van der Waals surface area contributed by atoms with Gasteiger partial charge in [0.1, 0.15) is 5.82 Å². The Morgan fingerprint density at radius 1 is 1.21 bits per heavy atom. The van der Waals surface area contributed by atoms with Crippen LogP contribution in [0.1, 0.15) is 57.1 Å². The van der Waals surface area contributed by atoms with Crippen molar-refractivity contribution in [3.8, 4) is 0 Å². The molecule has 2 heterocycles. The highest BCUT2D eigenvalue weighted by molar-refractivity contribution is 5.48. The highest BCUT2D eigenvalue weighted by Gasteiger charge is 2.37. The van der Waals surface area contributed by atoms with Crippen molar-refractivity contribution in [3.05, 3.63) is 23.9 Å². The number of pyridine rings is 1. The number of anilines is 1. The fraction of sp³-hybridized carbons (Fsp3) is 0.688. The normalized spacial score (nSPS) is 23.8. The molecule has 0 aromatic carbocycles.